The number of amides is 1. The van der Waals surface area contributed by atoms with Crippen LogP contribution in [0, 0.1) is 5.92 Å². The third-order valence-electron chi connectivity index (χ3n) is 4.47. The van der Waals surface area contributed by atoms with E-state index in [1.165, 1.54) is 12.0 Å². The zero-order valence-electron chi connectivity index (χ0n) is 13.2. The maximum atomic E-state index is 12.4. The number of likely N-dealkylation sites (N-methyl/N-ethyl adjacent to an activating group) is 1. The molecule has 2 unspecified atom stereocenters. The molecule has 1 aromatic carbocycles. The van der Waals surface area contributed by atoms with Crippen LogP contribution in [0.4, 0.5) is 0 Å². The number of benzene rings is 1. The number of likely N-dealkylation sites (tertiary alicyclic amines) is 1. The van der Waals surface area contributed by atoms with Gasteiger partial charge in [-0.3, -0.25) is 9.69 Å². The van der Waals surface area contributed by atoms with Gasteiger partial charge >= 0.3 is 0 Å². The van der Waals surface area contributed by atoms with E-state index in [2.05, 4.69) is 24.0 Å². The van der Waals surface area contributed by atoms with Crippen LogP contribution in [0.15, 0.2) is 30.3 Å². The molecule has 0 aliphatic carbocycles. The van der Waals surface area contributed by atoms with E-state index in [0.717, 1.165) is 19.5 Å². The number of carbonyl (C=O) groups excluding carboxylic acids is 1. The maximum absolute atomic E-state index is 12.4. The molecule has 116 valence electrons. The van der Waals surface area contributed by atoms with Crippen LogP contribution in [0.1, 0.15) is 25.3 Å². The molecule has 0 aromatic heterocycles. The molecule has 1 heterocycles. The second-order valence-electron chi connectivity index (χ2n) is 6.19. The average Bonchev–Trinajstić information content (AvgIpc) is 2.50. The van der Waals surface area contributed by atoms with Crippen molar-refractivity contribution in [1.82, 2.24) is 9.80 Å². The first-order valence-electron chi connectivity index (χ1n) is 7.82. The summed E-state index contributed by atoms with van der Waals surface area (Å²) in [7, 11) is 1.88. The van der Waals surface area contributed by atoms with Gasteiger partial charge in [0.1, 0.15) is 0 Å². The standard InChI is InChI=1S/C17H27N3O/c1-14-8-9-16(10-18)12-20(14)13-17(21)19(2)11-15-6-4-3-5-7-15/h3-7,14,16H,8-13,18H2,1-2H3. The van der Waals surface area contributed by atoms with Crippen molar-refractivity contribution in [3.63, 3.8) is 0 Å². The van der Waals surface area contributed by atoms with Crippen molar-refractivity contribution in [3.8, 4) is 0 Å². The second kappa shape index (κ2) is 7.57. The van der Waals surface area contributed by atoms with Crippen molar-refractivity contribution in [3.05, 3.63) is 35.9 Å². The van der Waals surface area contributed by atoms with Crippen LogP contribution in [0.3, 0.4) is 0 Å². The van der Waals surface area contributed by atoms with E-state index in [1.54, 1.807) is 0 Å². The highest BCUT2D eigenvalue weighted by Gasteiger charge is 2.26. The van der Waals surface area contributed by atoms with Gasteiger partial charge in [-0.25, -0.2) is 0 Å². The zero-order chi connectivity index (χ0) is 15.2. The van der Waals surface area contributed by atoms with E-state index in [0.29, 0.717) is 25.0 Å². The molecule has 1 aliphatic rings. The van der Waals surface area contributed by atoms with Crippen LogP contribution in [-0.4, -0.2) is 48.4 Å². The lowest BCUT2D eigenvalue weighted by atomic mass is 9.93. The molecule has 1 fully saturated rings. The van der Waals surface area contributed by atoms with Gasteiger partial charge in [0.15, 0.2) is 0 Å². The first-order chi connectivity index (χ1) is 10.1. The highest BCUT2D eigenvalue weighted by atomic mass is 16.2. The van der Waals surface area contributed by atoms with E-state index < -0.39 is 0 Å². The number of rotatable bonds is 5. The minimum atomic E-state index is 0.184. The van der Waals surface area contributed by atoms with Crippen molar-refractivity contribution in [1.29, 1.82) is 0 Å². The lowest BCUT2D eigenvalue weighted by Gasteiger charge is -2.37. The highest BCUT2D eigenvalue weighted by Crippen LogP contribution is 2.21. The van der Waals surface area contributed by atoms with Crippen molar-refractivity contribution < 1.29 is 4.79 Å². The summed E-state index contributed by atoms with van der Waals surface area (Å²) in [5.74, 6) is 0.719. The molecular weight excluding hydrogens is 262 g/mol. The van der Waals surface area contributed by atoms with E-state index in [1.807, 2.05) is 30.1 Å². The summed E-state index contributed by atoms with van der Waals surface area (Å²) in [6, 6.07) is 10.6. The van der Waals surface area contributed by atoms with Crippen molar-refractivity contribution in [2.24, 2.45) is 11.7 Å². The molecule has 2 atom stereocenters. The zero-order valence-corrected chi connectivity index (χ0v) is 13.2. The second-order valence-corrected chi connectivity index (χ2v) is 6.19. The summed E-state index contributed by atoms with van der Waals surface area (Å²) in [6.45, 7) is 5.04. The van der Waals surface area contributed by atoms with E-state index in [-0.39, 0.29) is 5.91 Å². The third-order valence-corrected chi connectivity index (χ3v) is 4.47. The number of piperidine rings is 1. The van der Waals surface area contributed by atoms with Crippen molar-refractivity contribution in [2.45, 2.75) is 32.4 Å². The molecule has 1 aromatic rings. The monoisotopic (exact) mass is 289 g/mol. The largest absolute Gasteiger partial charge is 0.340 e. The minimum absolute atomic E-state index is 0.184. The van der Waals surface area contributed by atoms with Crippen LogP contribution in [0.5, 0.6) is 0 Å². The smallest absolute Gasteiger partial charge is 0.236 e. The van der Waals surface area contributed by atoms with Gasteiger partial charge in [0.2, 0.25) is 5.91 Å². The fourth-order valence-electron chi connectivity index (χ4n) is 2.92. The van der Waals surface area contributed by atoms with Crippen LogP contribution in [0.25, 0.3) is 0 Å². The normalized spacial score (nSPS) is 23.0. The van der Waals surface area contributed by atoms with E-state index >= 15 is 0 Å². The van der Waals surface area contributed by atoms with Gasteiger partial charge in [-0.05, 0) is 37.8 Å². The summed E-state index contributed by atoms with van der Waals surface area (Å²) >= 11 is 0. The molecule has 0 radical (unpaired) electrons. The molecule has 0 spiro atoms. The first kappa shape index (κ1) is 16.0. The molecule has 4 heteroatoms. The summed E-state index contributed by atoms with van der Waals surface area (Å²) < 4.78 is 0. The quantitative estimate of drug-likeness (QED) is 0.897. The summed E-state index contributed by atoms with van der Waals surface area (Å²) in [6.07, 6.45) is 2.32. The Morgan fingerprint density at radius 1 is 1.33 bits per heavy atom. The molecule has 21 heavy (non-hydrogen) atoms. The Morgan fingerprint density at radius 2 is 2.05 bits per heavy atom. The van der Waals surface area contributed by atoms with E-state index in [4.69, 9.17) is 5.73 Å². The van der Waals surface area contributed by atoms with Gasteiger partial charge in [0.25, 0.3) is 0 Å². The van der Waals surface area contributed by atoms with Gasteiger partial charge in [-0.2, -0.15) is 0 Å². The van der Waals surface area contributed by atoms with E-state index in [9.17, 15) is 4.79 Å². The molecule has 1 aliphatic heterocycles. The van der Waals surface area contributed by atoms with Crippen molar-refractivity contribution in [2.75, 3.05) is 26.7 Å². The van der Waals surface area contributed by atoms with Gasteiger partial charge in [0, 0.05) is 26.2 Å². The average molecular weight is 289 g/mol. The Kier molecular flexibility index (Phi) is 5.76. The van der Waals surface area contributed by atoms with Crippen LogP contribution < -0.4 is 5.73 Å². The highest BCUT2D eigenvalue weighted by molar-refractivity contribution is 5.78. The molecule has 0 bridgehead atoms. The summed E-state index contributed by atoms with van der Waals surface area (Å²) in [4.78, 5) is 16.5. The lowest BCUT2D eigenvalue weighted by Crippen LogP contribution is -2.48. The van der Waals surface area contributed by atoms with Gasteiger partial charge in [-0.15, -0.1) is 0 Å². The Morgan fingerprint density at radius 3 is 2.71 bits per heavy atom. The molecular formula is C17H27N3O. The van der Waals surface area contributed by atoms with Gasteiger partial charge in [0.05, 0.1) is 6.54 Å². The number of nitrogens with zero attached hydrogens (tertiary/aromatic N) is 2. The molecule has 2 rings (SSSR count). The van der Waals surface area contributed by atoms with Crippen molar-refractivity contribution >= 4 is 5.91 Å². The molecule has 1 saturated heterocycles. The number of hydrogen-bond acceptors (Lipinski definition) is 3. The first-order valence-corrected chi connectivity index (χ1v) is 7.82. The topological polar surface area (TPSA) is 49.6 Å². The van der Waals surface area contributed by atoms with Gasteiger partial charge in [-0.1, -0.05) is 30.3 Å². The minimum Gasteiger partial charge on any atom is -0.340 e. The molecule has 1 amide bonds. The number of carbonyl (C=O) groups is 1. The summed E-state index contributed by atoms with van der Waals surface area (Å²) in [5, 5.41) is 0. The number of nitrogens with two attached hydrogens (primary N) is 1. The third kappa shape index (κ3) is 4.55. The lowest BCUT2D eigenvalue weighted by molar-refractivity contribution is -0.132. The van der Waals surface area contributed by atoms with Crippen LogP contribution >= 0.6 is 0 Å². The maximum Gasteiger partial charge on any atom is 0.236 e. The Hall–Kier alpha value is -1.39. The predicted molar refractivity (Wildman–Crippen MR) is 85.7 cm³/mol. The van der Waals surface area contributed by atoms with Crippen LogP contribution in [-0.2, 0) is 11.3 Å². The molecule has 2 N–H and O–H groups in total. The van der Waals surface area contributed by atoms with Crippen LogP contribution in [0.2, 0.25) is 0 Å². The number of hydrogen-bond donors (Lipinski definition) is 1. The fraction of sp³-hybridized carbons (Fsp3) is 0.588. The SMILES string of the molecule is CC1CCC(CN)CN1CC(=O)N(C)Cc1ccccc1. The Balaban J connectivity index is 1.87. The summed E-state index contributed by atoms with van der Waals surface area (Å²) in [5.41, 5.74) is 6.95. The Labute approximate surface area is 127 Å². The Bertz CT molecular complexity index is 449. The molecule has 4 nitrogen and oxygen atoms in total. The molecule has 0 saturated carbocycles. The predicted octanol–water partition coefficient (Wildman–Crippen LogP) is 1.70. The fourth-order valence-corrected chi connectivity index (χ4v) is 2.92. The van der Waals surface area contributed by atoms with Gasteiger partial charge < -0.3 is 10.6 Å².